The minimum atomic E-state index is -3.06. The number of carbonyl (C=O) groups is 1. The average molecular weight is 352 g/mol. The number of fused-ring (bicyclic) bond motifs is 1. The number of hydrogen-bond donors (Lipinski definition) is 1. The number of carboxylic acids is 1. The zero-order valence-corrected chi connectivity index (χ0v) is 14.7. The smallest absolute Gasteiger partial charge is 0.304 e. The van der Waals surface area contributed by atoms with Gasteiger partial charge in [0, 0.05) is 38.3 Å². The fourth-order valence-electron chi connectivity index (χ4n) is 3.85. The van der Waals surface area contributed by atoms with E-state index in [1.165, 1.54) is 11.1 Å². The van der Waals surface area contributed by atoms with Crippen LogP contribution in [0, 0.1) is 6.92 Å². The quantitative estimate of drug-likeness (QED) is 0.843. The van der Waals surface area contributed by atoms with E-state index in [1.807, 2.05) is 6.07 Å². The molecule has 2 aliphatic rings. The van der Waals surface area contributed by atoms with E-state index in [4.69, 9.17) is 5.11 Å². The number of carboxylic acid groups (broad SMARTS) is 1. The fourth-order valence-corrected chi connectivity index (χ4v) is 5.90. The van der Waals surface area contributed by atoms with Crippen molar-refractivity contribution >= 4 is 15.8 Å². The molecule has 3 rings (SSSR count). The molecule has 0 spiro atoms. The lowest BCUT2D eigenvalue weighted by Gasteiger charge is -2.43. The van der Waals surface area contributed by atoms with Crippen LogP contribution in [0.15, 0.2) is 24.3 Å². The van der Waals surface area contributed by atoms with Crippen LogP contribution in [0.3, 0.4) is 0 Å². The highest BCUT2D eigenvalue weighted by Gasteiger charge is 2.46. The number of benzene rings is 1. The van der Waals surface area contributed by atoms with Gasteiger partial charge < -0.3 is 5.11 Å². The maximum absolute atomic E-state index is 12.2. The molecule has 1 aromatic carbocycles. The third-order valence-corrected chi connectivity index (χ3v) is 6.69. The number of hydrogen-bond acceptors (Lipinski definition) is 5. The van der Waals surface area contributed by atoms with Gasteiger partial charge in [-0.2, -0.15) is 0 Å². The van der Waals surface area contributed by atoms with Crippen LogP contribution in [0.1, 0.15) is 17.5 Å². The van der Waals surface area contributed by atoms with Crippen LogP contribution >= 0.6 is 0 Å². The number of piperazine rings is 1. The predicted octanol–water partition coefficient (Wildman–Crippen LogP) is 0.753. The molecule has 0 radical (unpaired) electrons. The SMILES string of the molecule is Cc1cccc(CN2CCN(CCC(=O)O)[C@@H]3CS(=O)(=O)C[C@@H]32)c1. The Labute approximate surface area is 143 Å². The number of sulfone groups is 1. The predicted molar refractivity (Wildman–Crippen MR) is 91.6 cm³/mol. The Kier molecular flexibility index (Phi) is 4.94. The van der Waals surface area contributed by atoms with Crippen molar-refractivity contribution in [3.63, 3.8) is 0 Å². The molecule has 2 saturated heterocycles. The summed E-state index contributed by atoms with van der Waals surface area (Å²) in [6.45, 7) is 4.70. The summed E-state index contributed by atoms with van der Waals surface area (Å²) in [6, 6.07) is 8.15. The lowest BCUT2D eigenvalue weighted by molar-refractivity contribution is -0.137. The van der Waals surface area contributed by atoms with Gasteiger partial charge in [-0.05, 0) is 12.5 Å². The molecule has 6 nitrogen and oxygen atoms in total. The summed E-state index contributed by atoms with van der Waals surface area (Å²) in [6.07, 6.45) is 0.0567. The molecule has 0 bridgehead atoms. The highest BCUT2D eigenvalue weighted by molar-refractivity contribution is 7.91. The summed E-state index contributed by atoms with van der Waals surface area (Å²) in [7, 11) is -3.06. The van der Waals surface area contributed by atoms with Crippen molar-refractivity contribution in [1.82, 2.24) is 9.80 Å². The number of rotatable bonds is 5. The van der Waals surface area contributed by atoms with Gasteiger partial charge in [-0.15, -0.1) is 0 Å². The summed E-state index contributed by atoms with van der Waals surface area (Å²) in [5.74, 6) is -0.524. The first-order chi connectivity index (χ1) is 11.3. The highest BCUT2D eigenvalue weighted by Crippen LogP contribution is 2.28. The molecule has 132 valence electrons. The first kappa shape index (κ1) is 17.4. The zero-order valence-electron chi connectivity index (χ0n) is 13.9. The van der Waals surface area contributed by atoms with Gasteiger partial charge in [-0.3, -0.25) is 14.6 Å². The van der Waals surface area contributed by atoms with E-state index in [-0.39, 0.29) is 30.0 Å². The number of aryl methyl sites for hydroxylation is 1. The van der Waals surface area contributed by atoms with Crippen LogP contribution in [0.4, 0.5) is 0 Å². The third-order valence-electron chi connectivity index (χ3n) is 4.99. The van der Waals surface area contributed by atoms with E-state index in [2.05, 4.69) is 34.9 Å². The monoisotopic (exact) mass is 352 g/mol. The van der Waals surface area contributed by atoms with E-state index in [9.17, 15) is 13.2 Å². The molecule has 7 heteroatoms. The van der Waals surface area contributed by atoms with Crippen molar-refractivity contribution in [2.75, 3.05) is 31.1 Å². The van der Waals surface area contributed by atoms with E-state index in [0.717, 1.165) is 19.6 Å². The molecule has 0 amide bonds. The minimum Gasteiger partial charge on any atom is -0.481 e. The first-order valence-corrected chi connectivity index (χ1v) is 10.1. The molecule has 0 saturated carbocycles. The van der Waals surface area contributed by atoms with Gasteiger partial charge in [-0.1, -0.05) is 29.8 Å². The van der Waals surface area contributed by atoms with Crippen molar-refractivity contribution in [1.29, 1.82) is 0 Å². The van der Waals surface area contributed by atoms with E-state index in [0.29, 0.717) is 6.54 Å². The average Bonchev–Trinajstić information content (AvgIpc) is 2.82. The topological polar surface area (TPSA) is 77.9 Å². The molecule has 2 heterocycles. The van der Waals surface area contributed by atoms with Crippen LogP contribution in [0.5, 0.6) is 0 Å². The largest absolute Gasteiger partial charge is 0.481 e. The second-order valence-corrected chi connectivity index (χ2v) is 9.00. The highest BCUT2D eigenvalue weighted by atomic mass is 32.2. The Morgan fingerprint density at radius 3 is 2.54 bits per heavy atom. The molecule has 0 unspecified atom stereocenters. The summed E-state index contributed by atoms with van der Waals surface area (Å²) < 4.78 is 24.3. The van der Waals surface area contributed by atoms with Crippen molar-refractivity contribution in [3.8, 4) is 0 Å². The van der Waals surface area contributed by atoms with E-state index in [1.54, 1.807) is 0 Å². The number of nitrogens with zero attached hydrogens (tertiary/aromatic N) is 2. The first-order valence-electron chi connectivity index (χ1n) is 8.30. The van der Waals surface area contributed by atoms with E-state index < -0.39 is 15.8 Å². The molecule has 1 N–H and O–H groups in total. The van der Waals surface area contributed by atoms with Crippen molar-refractivity contribution < 1.29 is 18.3 Å². The van der Waals surface area contributed by atoms with Gasteiger partial charge in [0.05, 0.1) is 17.9 Å². The number of aliphatic carboxylic acids is 1. The van der Waals surface area contributed by atoms with Gasteiger partial charge >= 0.3 is 5.97 Å². The standard InChI is InChI=1S/C17H24N2O4S/c1-13-3-2-4-14(9-13)10-19-8-7-18(6-5-17(20)21)15-11-24(22,23)12-16(15)19/h2-4,9,15-16H,5-8,10-12H2,1H3,(H,20,21)/t15-,16+/m1/s1. The summed E-state index contributed by atoms with van der Waals surface area (Å²) in [5, 5.41) is 8.90. The van der Waals surface area contributed by atoms with Crippen LogP contribution < -0.4 is 0 Å². The Morgan fingerprint density at radius 1 is 1.21 bits per heavy atom. The van der Waals surface area contributed by atoms with Gasteiger partial charge in [-0.25, -0.2) is 8.42 Å². The molecule has 1 aromatic rings. The molecular weight excluding hydrogens is 328 g/mol. The minimum absolute atomic E-state index is 0.0435. The van der Waals surface area contributed by atoms with Crippen LogP contribution in [0.25, 0.3) is 0 Å². The normalized spacial score (nSPS) is 27.0. The molecule has 0 aromatic heterocycles. The van der Waals surface area contributed by atoms with Crippen molar-refractivity contribution in [3.05, 3.63) is 35.4 Å². The Balaban J connectivity index is 1.75. The Morgan fingerprint density at radius 2 is 1.88 bits per heavy atom. The van der Waals surface area contributed by atoms with Crippen molar-refractivity contribution in [2.24, 2.45) is 0 Å². The second-order valence-electron chi connectivity index (χ2n) is 6.85. The third kappa shape index (κ3) is 3.96. The summed E-state index contributed by atoms with van der Waals surface area (Å²) in [5.41, 5.74) is 2.39. The second kappa shape index (κ2) is 6.82. The van der Waals surface area contributed by atoms with Crippen molar-refractivity contribution in [2.45, 2.75) is 32.0 Å². The molecule has 24 heavy (non-hydrogen) atoms. The van der Waals surface area contributed by atoms with Gasteiger partial charge in [0.2, 0.25) is 0 Å². The molecule has 2 fully saturated rings. The molecule has 2 aliphatic heterocycles. The molecule has 0 aliphatic carbocycles. The maximum atomic E-state index is 12.2. The molecular formula is C17H24N2O4S. The van der Waals surface area contributed by atoms with Crippen LogP contribution in [0.2, 0.25) is 0 Å². The zero-order chi connectivity index (χ0) is 17.3. The lowest BCUT2D eigenvalue weighted by atomic mass is 10.0. The van der Waals surface area contributed by atoms with E-state index >= 15 is 0 Å². The summed E-state index contributed by atoms with van der Waals surface area (Å²) >= 11 is 0. The lowest BCUT2D eigenvalue weighted by Crippen LogP contribution is -2.58. The van der Waals surface area contributed by atoms with Gasteiger partial charge in [0.15, 0.2) is 9.84 Å². The van der Waals surface area contributed by atoms with Gasteiger partial charge in [0.1, 0.15) is 0 Å². The summed E-state index contributed by atoms with van der Waals surface area (Å²) in [4.78, 5) is 15.1. The Hall–Kier alpha value is -1.44. The Bertz CT molecular complexity index is 719. The fraction of sp³-hybridized carbons (Fsp3) is 0.588. The van der Waals surface area contributed by atoms with Crippen LogP contribution in [-0.4, -0.2) is 72.5 Å². The van der Waals surface area contributed by atoms with Gasteiger partial charge in [0.25, 0.3) is 0 Å². The molecule has 2 atom stereocenters. The van der Waals surface area contributed by atoms with Crippen LogP contribution in [-0.2, 0) is 21.2 Å². The maximum Gasteiger partial charge on any atom is 0.304 e.